The van der Waals surface area contributed by atoms with Gasteiger partial charge in [0.2, 0.25) is 5.91 Å². The highest BCUT2D eigenvalue weighted by atomic mass is 16.5. The van der Waals surface area contributed by atoms with Gasteiger partial charge in [-0.05, 0) is 19.1 Å². The Labute approximate surface area is 83.4 Å². The van der Waals surface area contributed by atoms with Crippen LogP contribution in [-0.4, -0.2) is 5.91 Å². The van der Waals surface area contributed by atoms with Crippen LogP contribution in [0.4, 0.5) is 5.69 Å². The topological polar surface area (TPSA) is 38.3 Å². The lowest BCUT2D eigenvalue weighted by Gasteiger charge is -2.10. The van der Waals surface area contributed by atoms with E-state index in [0.717, 1.165) is 0 Å². The lowest BCUT2D eigenvalue weighted by atomic mass is 10.3. The summed E-state index contributed by atoms with van der Waals surface area (Å²) in [5.74, 6) is 1.07. The van der Waals surface area contributed by atoms with Gasteiger partial charge in [-0.15, -0.1) is 0 Å². The van der Waals surface area contributed by atoms with E-state index < -0.39 is 0 Å². The Morgan fingerprint density at radius 1 is 1.36 bits per heavy atom. The first kappa shape index (κ1) is 10.3. The Hall–Kier alpha value is -1.77. The number of anilines is 1. The molecule has 0 unspecified atom stereocenters. The molecule has 3 nitrogen and oxygen atoms in total. The fraction of sp³-hybridized carbons (Fsp3) is 0.182. The molecule has 0 spiro atoms. The fourth-order valence-electron chi connectivity index (χ4n) is 1.04. The van der Waals surface area contributed by atoms with Crippen LogP contribution in [0.1, 0.15) is 13.8 Å². The van der Waals surface area contributed by atoms with Gasteiger partial charge in [0.05, 0.1) is 11.4 Å². The predicted octanol–water partition coefficient (Wildman–Crippen LogP) is 2.56. The number of carbonyl (C=O) groups is 1. The molecule has 0 aliphatic carbocycles. The molecule has 0 atom stereocenters. The lowest BCUT2D eigenvalue weighted by molar-refractivity contribution is -0.114. The van der Waals surface area contributed by atoms with Gasteiger partial charge in [0.15, 0.2) is 0 Å². The zero-order valence-electron chi connectivity index (χ0n) is 8.33. The monoisotopic (exact) mass is 191 g/mol. The van der Waals surface area contributed by atoms with E-state index in [1.807, 2.05) is 12.1 Å². The molecule has 0 aliphatic rings. The molecule has 0 bridgehead atoms. The van der Waals surface area contributed by atoms with E-state index in [0.29, 0.717) is 17.2 Å². The molecule has 0 aromatic heterocycles. The molecule has 0 saturated heterocycles. The Morgan fingerprint density at radius 2 is 2.00 bits per heavy atom. The molecule has 0 saturated carbocycles. The lowest BCUT2D eigenvalue weighted by Crippen LogP contribution is -2.07. The number of amides is 1. The zero-order chi connectivity index (χ0) is 10.6. The molecule has 3 heteroatoms. The van der Waals surface area contributed by atoms with Crippen LogP contribution in [-0.2, 0) is 4.79 Å². The molecular formula is C11H13NO2. The highest BCUT2D eigenvalue weighted by Gasteiger charge is 2.03. The van der Waals surface area contributed by atoms with Crippen LogP contribution >= 0.6 is 0 Å². The minimum absolute atomic E-state index is 0.122. The van der Waals surface area contributed by atoms with E-state index in [1.165, 1.54) is 6.92 Å². The number of allylic oxidation sites excluding steroid dienone is 1. The van der Waals surface area contributed by atoms with Gasteiger partial charge in [-0.25, -0.2) is 0 Å². The van der Waals surface area contributed by atoms with Gasteiger partial charge in [-0.1, -0.05) is 18.7 Å². The van der Waals surface area contributed by atoms with Crippen LogP contribution in [0.25, 0.3) is 0 Å². The first-order chi connectivity index (χ1) is 6.59. The van der Waals surface area contributed by atoms with E-state index in [2.05, 4.69) is 11.9 Å². The number of rotatable bonds is 3. The van der Waals surface area contributed by atoms with E-state index >= 15 is 0 Å². The minimum atomic E-state index is -0.122. The molecule has 74 valence electrons. The Kier molecular flexibility index (Phi) is 3.29. The fourth-order valence-corrected chi connectivity index (χ4v) is 1.04. The quantitative estimate of drug-likeness (QED) is 0.745. The van der Waals surface area contributed by atoms with Crippen molar-refractivity contribution >= 4 is 11.6 Å². The molecule has 1 rings (SSSR count). The summed E-state index contributed by atoms with van der Waals surface area (Å²) in [5.41, 5.74) is 0.656. The SMILES string of the molecule is C=C(C)Oc1ccccc1NC(C)=O. The molecule has 0 radical (unpaired) electrons. The van der Waals surface area contributed by atoms with Crippen LogP contribution in [0, 0.1) is 0 Å². The molecule has 0 heterocycles. The van der Waals surface area contributed by atoms with Crippen molar-refractivity contribution in [3.8, 4) is 5.75 Å². The van der Waals surface area contributed by atoms with Crippen LogP contribution in [0.3, 0.4) is 0 Å². The number of nitrogens with one attached hydrogen (secondary N) is 1. The van der Waals surface area contributed by atoms with Crippen LogP contribution in [0.2, 0.25) is 0 Å². The summed E-state index contributed by atoms with van der Waals surface area (Å²) in [5, 5.41) is 2.67. The molecular weight excluding hydrogens is 178 g/mol. The molecule has 1 amide bonds. The van der Waals surface area contributed by atoms with Crippen molar-refractivity contribution in [2.24, 2.45) is 0 Å². The second-order valence-electron chi connectivity index (χ2n) is 2.98. The summed E-state index contributed by atoms with van der Waals surface area (Å²) in [6.07, 6.45) is 0. The van der Waals surface area contributed by atoms with Gasteiger partial charge in [-0.2, -0.15) is 0 Å². The number of hydrogen-bond acceptors (Lipinski definition) is 2. The third-order valence-electron chi connectivity index (χ3n) is 1.48. The normalized spacial score (nSPS) is 9.29. The first-order valence-electron chi connectivity index (χ1n) is 4.29. The highest BCUT2D eigenvalue weighted by Crippen LogP contribution is 2.24. The van der Waals surface area contributed by atoms with Crippen molar-refractivity contribution < 1.29 is 9.53 Å². The summed E-state index contributed by atoms with van der Waals surface area (Å²) >= 11 is 0. The van der Waals surface area contributed by atoms with Crippen molar-refractivity contribution in [3.63, 3.8) is 0 Å². The van der Waals surface area contributed by atoms with Gasteiger partial charge < -0.3 is 10.1 Å². The number of carbonyl (C=O) groups excluding carboxylic acids is 1. The van der Waals surface area contributed by atoms with Crippen molar-refractivity contribution in [1.82, 2.24) is 0 Å². The highest BCUT2D eigenvalue weighted by molar-refractivity contribution is 5.90. The van der Waals surface area contributed by atoms with Crippen molar-refractivity contribution in [2.45, 2.75) is 13.8 Å². The standard InChI is InChI=1S/C11H13NO2/c1-8(2)14-11-7-5-4-6-10(11)12-9(3)13/h4-7H,1H2,2-3H3,(H,12,13). The first-order valence-corrected chi connectivity index (χ1v) is 4.29. The van der Waals surface area contributed by atoms with Crippen molar-refractivity contribution in [1.29, 1.82) is 0 Å². The molecule has 1 aromatic rings. The number of benzene rings is 1. The number of para-hydroxylation sites is 2. The third-order valence-corrected chi connectivity index (χ3v) is 1.48. The zero-order valence-corrected chi connectivity index (χ0v) is 8.33. The predicted molar refractivity (Wildman–Crippen MR) is 56.2 cm³/mol. The molecule has 0 fully saturated rings. The number of ether oxygens (including phenoxy) is 1. The van der Waals surface area contributed by atoms with E-state index in [9.17, 15) is 4.79 Å². The van der Waals surface area contributed by atoms with Gasteiger partial charge in [0.1, 0.15) is 5.75 Å². The summed E-state index contributed by atoms with van der Waals surface area (Å²) in [6.45, 7) is 6.85. The van der Waals surface area contributed by atoms with Gasteiger partial charge >= 0.3 is 0 Å². The third kappa shape index (κ3) is 2.94. The van der Waals surface area contributed by atoms with Gasteiger partial charge in [-0.3, -0.25) is 4.79 Å². The maximum absolute atomic E-state index is 10.9. The van der Waals surface area contributed by atoms with E-state index in [4.69, 9.17) is 4.74 Å². The van der Waals surface area contributed by atoms with Crippen LogP contribution in [0.15, 0.2) is 36.6 Å². The largest absolute Gasteiger partial charge is 0.460 e. The summed E-state index contributed by atoms with van der Waals surface area (Å²) < 4.78 is 5.34. The summed E-state index contributed by atoms with van der Waals surface area (Å²) in [6, 6.07) is 7.22. The minimum Gasteiger partial charge on any atom is -0.460 e. The van der Waals surface area contributed by atoms with Gasteiger partial charge in [0, 0.05) is 6.92 Å². The molecule has 1 N–H and O–H groups in total. The van der Waals surface area contributed by atoms with Gasteiger partial charge in [0.25, 0.3) is 0 Å². The molecule has 1 aromatic carbocycles. The second-order valence-corrected chi connectivity index (χ2v) is 2.98. The van der Waals surface area contributed by atoms with Crippen molar-refractivity contribution in [2.75, 3.05) is 5.32 Å². The Balaban J connectivity index is 2.90. The molecule has 14 heavy (non-hydrogen) atoms. The number of hydrogen-bond donors (Lipinski definition) is 1. The maximum atomic E-state index is 10.9. The van der Waals surface area contributed by atoms with E-state index in [1.54, 1.807) is 19.1 Å². The summed E-state index contributed by atoms with van der Waals surface area (Å²) in [4.78, 5) is 10.9. The second kappa shape index (κ2) is 4.46. The van der Waals surface area contributed by atoms with Crippen LogP contribution < -0.4 is 10.1 Å². The van der Waals surface area contributed by atoms with Crippen molar-refractivity contribution in [3.05, 3.63) is 36.6 Å². The van der Waals surface area contributed by atoms with E-state index in [-0.39, 0.29) is 5.91 Å². The average molecular weight is 191 g/mol. The average Bonchev–Trinajstić information content (AvgIpc) is 2.06. The smallest absolute Gasteiger partial charge is 0.221 e. The Morgan fingerprint density at radius 3 is 2.57 bits per heavy atom. The van der Waals surface area contributed by atoms with Crippen LogP contribution in [0.5, 0.6) is 5.75 Å². The summed E-state index contributed by atoms with van der Waals surface area (Å²) in [7, 11) is 0. The maximum Gasteiger partial charge on any atom is 0.221 e. The molecule has 0 aliphatic heterocycles. The Bertz CT molecular complexity index is 323.